The summed E-state index contributed by atoms with van der Waals surface area (Å²) < 4.78 is 12.3. The second-order valence-electron chi connectivity index (χ2n) is 8.32. The predicted molar refractivity (Wildman–Crippen MR) is 133 cm³/mol. The van der Waals surface area contributed by atoms with Gasteiger partial charge in [0.25, 0.3) is 5.91 Å². The van der Waals surface area contributed by atoms with E-state index in [2.05, 4.69) is 20.7 Å². The molecule has 0 aliphatic heterocycles. The molecule has 2 N–H and O–H groups in total. The lowest BCUT2D eigenvalue weighted by Gasteiger charge is -2.15. The normalized spacial score (nSPS) is 11.9. The summed E-state index contributed by atoms with van der Waals surface area (Å²) in [6, 6.07) is 5.03. The van der Waals surface area contributed by atoms with Crippen molar-refractivity contribution in [3.8, 4) is 5.75 Å². The monoisotopic (exact) mass is 485 g/mol. The first-order valence-electron chi connectivity index (χ1n) is 11.1. The van der Waals surface area contributed by atoms with E-state index in [9.17, 15) is 9.59 Å². The van der Waals surface area contributed by atoms with Gasteiger partial charge in [0.1, 0.15) is 16.7 Å². The molecule has 0 spiro atoms. The predicted octanol–water partition coefficient (Wildman–Crippen LogP) is 5.11. The molecule has 34 heavy (non-hydrogen) atoms. The van der Waals surface area contributed by atoms with E-state index in [4.69, 9.17) is 9.47 Å². The molecule has 0 saturated carbocycles. The molecule has 1 aromatic carbocycles. The summed E-state index contributed by atoms with van der Waals surface area (Å²) in [6.45, 7) is 10.1. The van der Waals surface area contributed by atoms with Crippen molar-refractivity contribution in [3.63, 3.8) is 0 Å². The summed E-state index contributed by atoms with van der Waals surface area (Å²) in [7, 11) is 1.60. The zero-order valence-corrected chi connectivity index (χ0v) is 21.2. The number of anilines is 3. The van der Waals surface area contributed by atoms with Gasteiger partial charge in [-0.1, -0.05) is 38.2 Å². The summed E-state index contributed by atoms with van der Waals surface area (Å²) >= 11 is 1.21. The molecule has 0 aliphatic carbocycles. The maximum absolute atomic E-state index is 12.8. The highest BCUT2D eigenvalue weighted by atomic mass is 32.1. The Morgan fingerprint density at radius 1 is 1.21 bits per heavy atom. The first-order valence-corrected chi connectivity index (χ1v) is 11.9. The standard InChI is InChI=1S/C24H31N5O4S/c1-7-17(23(31)33-13-14(2)3)29-11-10-20(28-29)26-24-25-12-19(34-24)22(30)27-21-15(4)8-9-18(32-6)16(21)5/h8-12,14,17H,7,13H2,1-6H3,(H,27,30)(H,25,26,28). The smallest absolute Gasteiger partial charge is 0.330 e. The van der Waals surface area contributed by atoms with E-state index in [-0.39, 0.29) is 17.8 Å². The number of thiazole rings is 1. The summed E-state index contributed by atoms with van der Waals surface area (Å²) in [6.07, 6.45) is 3.80. The van der Waals surface area contributed by atoms with E-state index in [1.807, 2.05) is 46.8 Å². The minimum atomic E-state index is -0.499. The van der Waals surface area contributed by atoms with Crippen LogP contribution in [0.4, 0.5) is 16.6 Å². The first-order chi connectivity index (χ1) is 16.2. The van der Waals surface area contributed by atoms with Crippen molar-refractivity contribution in [1.82, 2.24) is 14.8 Å². The number of hydrogen-bond donors (Lipinski definition) is 2. The average Bonchev–Trinajstić information content (AvgIpc) is 3.46. The van der Waals surface area contributed by atoms with E-state index in [0.717, 1.165) is 16.8 Å². The molecular formula is C24H31N5O4S. The maximum atomic E-state index is 12.8. The minimum absolute atomic E-state index is 0.255. The van der Waals surface area contributed by atoms with Crippen LogP contribution in [0.2, 0.25) is 0 Å². The molecule has 2 aromatic heterocycles. The van der Waals surface area contributed by atoms with Crippen LogP contribution in [0.1, 0.15) is 54.0 Å². The number of nitrogens with one attached hydrogen (secondary N) is 2. The second kappa shape index (κ2) is 11.1. The van der Waals surface area contributed by atoms with E-state index in [0.29, 0.717) is 34.6 Å². The summed E-state index contributed by atoms with van der Waals surface area (Å²) in [5, 5.41) is 11.0. The Balaban J connectivity index is 1.67. The fourth-order valence-electron chi connectivity index (χ4n) is 3.35. The molecule has 1 unspecified atom stereocenters. The van der Waals surface area contributed by atoms with Gasteiger partial charge in [-0.2, -0.15) is 5.10 Å². The third kappa shape index (κ3) is 5.93. The number of methoxy groups -OCH3 is 1. The molecule has 0 radical (unpaired) electrons. The van der Waals surface area contributed by atoms with Gasteiger partial charge < -0.3 is 20.1 Å². The number of esters is 1. The molecule has 9 nitrogen and oxygen atoms in total. The van der Waals surface area contributed by atoms with Crippen LogP contribution in [0.15, 0.2) is 30.6 Å². The number of rotatable bonds is 10. The molecule has 3 rings (SSSR count). The van der Waals surface area contributed by atoms with Crippen molar-refractivity contribution in [2.75, 3.05) is 24.4 Å². The van der Waals surface area contributed by atoms with Gasteiger partial charge in [-0.3, -0.25) is 9.48 Å². The molecule has 0 fully saturated rings. The van der Waals surface area contributed by atoms with Crippen molar-refractivity contribution in [1.29, 1.82) is 0 Å². The number of carbonyl (C=O) groups is 2. The first kappa shape index (κ1) is 25.2. The van der Waals surface area contributed by atoms with Gasteiger partial charge >= 0.3 is 5.97 Å². The number of benzene rings is 1. The summed E-state index contributed by atoms with van der Waals surface area (Å²) in [4.78, 5) is 30.0. The maximum Gasteiger partial charge on any atom is 0.330 e. The number of carbonyl (C=O) groups excluding carboxylic acids is 2. The Morgan fingerprint density at radius 3 is 2.65 bits per heavy atom. The Morgan fingerprint density at radius 2 is 1.97 bits per heavy atom. The van der Waals surface area contributed by atoms with Crippen LogP contribution >= 0.6 is 11.3 Å². The van der Waals surface area contributed by atoms with Crippen LogP contribution in [0.25, 0.3) is 0 Å². The van der Waals surface area contributed by atoms with E-state index in [1.54, 1.807) is 24.1 Å². The largest absolute Gasteiger partial charge is 0.496 e. The highest BCUT2D eigenvalue weighted by Crippen LogP contribution is 2.30. The van der Waals surface area contributed by atoms with Crippen molar-refractivity contribution >= 4 is 39.9 Å². The van der Waals surface area contributed by atoms with Crippen LogP contribution in [0.5, 0.6) is 5.75 Å². The van der Waals surface area contributed by atoms with Crippen LogP contribution in [0, 0.1) is 19.8 Å². The minimum Gasteiger partial charge on any atom is -0.496 e. The van der Waals surface area contributed by atoms with Gasteiger partial charge in [0, 0.05) is 17.8 Å². The Kier molecular flexibility index (Phi) is 8.27. The SMILES string of the molecule is CCC(C(=O)OCC(C)C)n1ccc(Nc2ncc(C(=O)Nc3c(C)ccc(OC)c3C)s2)n1. The lowest BCUT2D eigenvalue weighted by molar-refractivity contribution is -0.149. The zero-order valence-electron chi connectivity index (χ0n) is 20.3. The molecule has 0 saturated heterocycles. The van der Waals surface area contributed by atoms with Crippen LogP contribution in [-0.2, 0) is 9.53 Å². The third-order valence-corrected chi connectivity index (χ3v) is 6.10. The number of ether oxygens (including phenoxy) is 2. The molecule has 2 heterocycles. The molecule has 0 bridgehead atoms. The van der Waals surface area contributed by atoms with E-state index < -0.39 is 6.04 Å². The Hall–Kier alpha value is -3.40. The van der Waals surface area contributed by atoms with Gasteiger partial charge in [-0.15, -0.1) is 0 Å². The molecule has 182 valence electrons. The summed E-state index contributed by atoms with van der Waals surface area (Å²) in [5.74, 6) is 0.943. The molecule has 1 atom stereocenters. The number of aromatic nitrogens is 3. The molecule has 3 aromatic rings. The molecular weight excluding hydrogens is 454 g/mol. The fourth-order valence-corrected chi connectivity index (χ4v) is 4.07. The second-order valence-corrected chi connectivity index (χ2v) is 9.35. The highest BCUT2D eigenvalue weighted by molar-refractivity contribution is 7.17. The van der Waals surface area contributed by atoms with E-state index in [1.165, 1.54) is 17.5 Å². The number of nitrogens with zero attached hydrogens (tertiary/aromatic N) is 3. The van der Waals surface area contributed by atoms with E-state index >= 15 is 0 Å². The Bertz CT molecular complexity index is 1150. The lowest BCUT2D eigenvalue weighted by atomic mass is 10.1. The van der Waals surface area contributed by atoms with Gasteiger partial charge in [0.15, 0.2) is 10.9 Å². The van der Waals surface area contributed by atoms with Crippen LogP contribution < -0.4 is 15.4 Å². The molecule has 10 heteroatoms. The average molecular weight is 486 g/mol. The van der Waals surface area contributed by atoms with Gasteiger partial charge in [0.2, 0.25) is 0 Å². The van der Waals surface area contributed by atoms with Crippen LogP contribution in [-0.4, -0.2) is 40.4 Å². The van der Waals surface area contributed by atoms with Gasteiger partial charge in [-0.05, 0) is 37.8 Å². The van der Waals surface area contributed by atoms with Crippen molar-refractivity contribution in [2.45, 2.75) is 47.1 Å². The van der Waals surface area contributed by atoms with Crippen molar-refractivity contribution in [3.05, 3.63) is 46.6 Å². The van der Waals surface area contributed by atoms with Gasteiger partial charge in [0.05, 0.1) is 25.6 Å². The number of aryl methyl sites for hydroxylation is 1. The highest BCUT2D eigenvalue weighted by Gasteiger charge is 2.22. The quantitative estimate of drug-likeness (QED) is 0.384. The molecule has 0 aliphatic rings. The van der Waals surface area contributed by atoms with Crippen molar-refractivity contribution < 1.29 is 19.1 Å². The van der Waals surface area contributed by atoms with Crippen molar-refractivity contribution in [2.24, 2.45) is 5.92 Å². The topological polar surface area (TPSA) is 107 Å². The number of hydrogen-bond acceptors (Lipinski definition) is 8. The molecule has 1 amide bonds. The Labute approximate surface area is 203 Å². The lowest BCUT2D eigenvalue weighted by Crippen LogP contribution is -2.23. The fraction of sp³-hybridized carbons (Fsp3) is 0.417. The van der Waals surface area contributed by atoms with Gasteiger partial charge in [-0.25, -0.2) is 9.78 Å². The zero-order chi connectivity index (χ0) is 24.8. The number of amides is 1. The van der Waals surface area contributed by atoms with Crippen LogP contribution in [0.3, 0.4) is 0 Å². The summed E-state index contributed by atoms with van der Waals surface area (Å²) in [5.41, 5.74) is 2.53. The third-order valence-electron chi connectivity index (χ3n) is 5.19.